The lowest BCUT2D eigenvalue weighted by Gasteiger charge is -2.31. The third kappa shape index (κ3) is 5.40. The Kier molecular flexibility index (Phi) is 5.55. The number of nitrogens with zero attached hydrogens (tertiary/aromatic N) is 1. The van der Waals surface area contributed by atoms with Crippen LogP contribution < -0.4 is 10.5 Å². The van der Waals surface area contributed by atoms with Gasteiger partial charge < -0.3 is 5.73 Å². The van der Waals surface area contributed by atoms with E-state index in [1.54, 1.807) is 0 Å². The molecular formula is C15H23N3O3S. The Morgan fingerprint density at radius 1 is 1.41 bits per heavy atom. The van der Waals surface area contributed by atoms with E-state index in [0.29, 0.717) is 6.54 Å². The van der Waals surface area contributed by atoms with Crippen LogP contribution in [0.15, 0.2) is 24.3 Å². The van der Waals surface area contributed by atoms with Crippen molar-refractivity contribution >= 4 is 15.9 Å². The number of rotatable bonds is 6. The molecule has 1 saturated heterocycles. The van der Waals surface area contributed by atoms with Crippen LogP contribution in [-0.2, 0) is 27.9 Å². The summed E-state index contributed by atoms with van der Waals surface area (Å²) in [5.41, 5.74) is 7.43. The van der Waals surface area contributed by atoms with Gasteiger partial charge in [0.05, 0.1) is 12.2 Å². The third-order valence-electron chi connectivity index (χ3n) is 3.84. The molecule has 122 valence electrons. The number of primary amides is 1. The monoisotopic (exact) mass is 325 g/mol. The lowest BCUT2D eigenvalue weighted by molar-refractivity contribution is -0.123. The summed E-state index contributed by atoms with van der Waals surface area (Å²) in [6.45, 7) is 2.68. The molecule has 0 radical (unpaired) electrons. The molecule has 1 aliphatic rings. The van der Waals surface area contributed by atoms with E-state index >= 15 is 0 Å². The van der Waals surface area contributed by atoms with Crippen molar-refractivity contribution < 1.29 is 13.2 Å². The van der Waals surface area contributed by atoms with E-state index in [9.17, 15) is 13.2 Å². The lowest BCUT2D eigenvalue weighted by atomic mass is 9.97. The Hall–Kier alpha value is -1.44. The molecule has 6 nitrogen and oxygen atoms in total. The van der Waals surface area contributed by atoms with Gasteiger partial charge in [0.1, 0.15) is 0 Å². The highest BCUT2D eigenvalue weighted by molar-refractivity contribution is 7.88. The first-order chi connectivity index (χ1) is 10.3. The number of likely N-dealkylation sites (tertiary alicyclic amines) is 1. The zero-order valence-corrected chi connectivity index (χ0v) is 13.6. The van der Waals surface area contributed by atoms with E-state index in [1.165, 1.54) is 0 Å². The first-order valence-electron chi connectivity index (χ1n) is 7.37. The quantitative estimate of drug-likeness (QED) is 0.793. The van der Waals surface area contributed by atoms with Gasteiger partial charge in [-0.2, -0.15) is 0 Å². The van der Waals surface area contributed by atoms with E-state index in [0.717, 1.165) is 43.3 Å². The number of nitrogens with two attached hydrogens (primary N) is 1. The maximum absolute atomic E-state index is 11.3. The summed E-state index contributed by atoms with van der Waals surface area (Å²) >= 11 is 0. The minimum absolute atomic E-state index is 0.0659. The summed E-state index contributed by atoms with van der Waals surface area (Å²) in [4.78, 5) is 13.5. The van der Waals surface area contributed by atoms with Gasteiger partial charge in [0, 0.05) is 19.6 Å². The van der Waals surface area contributed by atoms with Gasteiger partial charge in [-0.25, -0.2) is 13.1 Å². The van der Waals surface area contributed by atoms with Gasteiger partial charge in [0.2, 0.25) is 15.9 Å². The molecule has 1 heterocycles. The predicted molar refractivity (Wildman–Crippen MR) is 85.3 cm³/mol. The molecule has 0 aliphatic carbocycles. The molecule has 22 heavy (non-hydrogen) atoms. The van der Waals surface area contributed by atoms with Crippen molar-refractivity contribution in [1.82, 2.24) is 9.62 Å². The summed E-state index contributed by atoms with van der Waals surface area (Å²) in [6.07, 6.45) is 2.99. The second kappa shape index (κ2) is 7.21. The van der Waals surface area contributed by atoms with Gasteiger partial charge in [-0.15, -0.1) is 0 Å². The Labute approximate surface area is 131 Å². The fourth-order valence-electron chi connectivity index (χ4n) is 2.74. The van der Waals surface area contributed by atoms with Crippen molar-refractivity contribution in [2.24, 2.45) is 11.7 Å². The molecule has 0 spiro atoms. The van der Waals surface area contributed by atoms with Crippen molar-refractivity contribution in [3.63, 3.8) is 0 Å². The molecule has 2 rings (SSSR count). The van der Waals surface area contributed by atoms with Gasteiger partial charge in [-0.1, -0.05) is 24.3 Å². The maximum atomic E-state index is 11.3. The Balaban J connectivity index is 1.96. The van der Waals surface area contributed by atoms with Crippen LogP contribution in [0.25, 0.3) is 0 Å². The first-order valence-corrected chi connectivity index (χ1v) is 9.27. The van der Waals surface area contributed by atoms with Crippen LogP contribution in [0.2, 0.25) is 0 Å². The fourth-order valence-corrected chi connectivity index (χ4v) is 3.17. The SMILES string of the molecule is CS(=O)(=O)NCc1cccc(CN2CCC[C@@H](C(N)=O)C2)c1. The molecule has 0 bridgehead atoms. The highest BCUT2D eigenvalue weighted by Gasteiger charge is 2.23. The van der Waals surface area contributed by atoms with Gasteiger partial charge in [0.15, 0.2) is 0 Å². The molecule has 7 heteroatoms. The number of amides is 1. The minimum atomic E-state index is -3.19. The summed E-state index contributed by atoms with van der Waals surface area (Å²) in [5.74, 6) is -0.292. The zero-order chi connectivity index (χ0) is 16.2. The van der Waals surface area contributed by atoms with Crippen molar-refractivity contribution in [2.75, 3.05) is 19.3 Å². The Morgan fingerprint density at radius 3 is 2.82 bits per heavy atom. The zero-order valence-electron chi connectivity index (χ0n) is 12.8. The van der Waals surface area contributed by atoms with Gasteiger partial charge in [0.25, 0.3) is 0 Å². The summed E-state index contributed by atoms with van der Waals surface area (Å²) < 4.78 is 24.8. The highest BCUT2D eigenvalue weighted by atomic mass is 32.2. The van der Waals surface area contributed by atoms with Crippen molar-refractivity contribution in [3.05, 3.63) is 35.4 Å². The molecule has 1 aromatic carbocycles. The number of sulfonamides is 1. The normalized spacial score (nSPS) is 20.0. The standard InChI is InChI=1S/C15H23N3O3S/c1-22(20,21)17-9-12-4-2-5-13(8-12)10-18-7-3-6-14(11-18)15(16)19/h2,4-5,8,14,17H,3,6-7,9-11H2,1H3,(H2,16,19)/t14-/m1/s1. The van der Waals surface area contributed by atoms with E-state index in [1.807, 2.05) is 24.3 Å². The molecule has 1 amide bonds. The molecule has 1 atom stereocenters. The van der Waals surface area contributed by atoms with E-state index in [2.05, 4.69) is 9.62 Å². The summed E-state index contributed by atoms with van der Waals surface area (Å²) in [5, 5.41) is 0. The topological polar surface area (TPSA) is 92.5 Å². The molecule has 1 aliphatic heterocycles. The largest absolute Gasteiger partial charge is 0.369 e. The second-order valence-electron chi connectivity index (χ2n) is 5.89. The predicted octanol–water partition coefficient (Wildman–Crippen LogP) is 0.433. The van der Waals surface area contributed by atoms with Crippen LogP contribution in [0.1, 0.15) is 24.0 Å². The number of carbonyl (C=O) groups excluding carboxylic acids is 1. The van der Waals surface area contributed by atoms with Crippen molar-refractivity contribution in [1.29, 1.82) is 0 Å². The third-order valence-corrected chi connectivity index (χ3v) is 4.51. The summed E-state index contributed by atoms with van der Waals surface area (Å²) in [7, 11) is -3.19. The first kappa shape index (κ1) is 16.9. The summed E-state index contributed by atoms with van der Waals surface area (Å²) in [6, 6.07) is 7.82. The van der Waals surface area contributed by atoms with E-state index < -0.39 is 10.0 Å². The number of hydrogen-bond donors (Lipinski definition) is 2. The molecule has 0 saturated carbocycles. The molecule has 1 aromatic rings. The van der Waals surface area contributed by atoms with Crippen LogP contribution >= 0.6 is 0 Å². The van der Waals surface area contributed by atoms with Crippen LogP contribution in [0.3, 0.4) is 0 Å². The molecule has 3 N–H and O–H groups in total. The lowest BCUT2D eigenvalue weighted by Crippen LogP contribution is -2.40. The van der Waals surface area contributed by atoms with Gasteiger partial charge >= 0.3 is 0 Å². The van der Waals surface area contributed by atoms with Crippen molar-refractivity contribution in [3.8, 4) is 0 Å². The van der Waals surface area contributed by atoms with Crippen LogP contribution in [0.4, 0.5) is 0 Å². The molecule has 1 fully saturated rings. The number of carbonyl (C=O) groups is 1. The average Bonchev–Trinajstić information content (AvgIpc) is 2.45. The fraction of sp³-hybridized carbons (Fsp3) is 0.533. The number of nitrogens with one attached hydrogen (secondary N) is 1. The van der Waals surface area contributed by atoms with E-state index in [-0.39, 0.29) is 18.4 Å². The van der Waals surface area contributed by atoms with Gasteiger partial charge in [-0.3, -0.25) is 9.69 Å². The highest BCUT2D eigenvalue weighted by Crippen LogP contribution is 2.18. The van der Waals surface area contributed by atoms with Crippen LogP contribution in [-0.4, -0.2) is 38.6 Å². The number of piperidine rings is 1. The van der Waals surface area contributed by atoms with Gasteiger partial charge in [-0.05, 0) is 30.5 Å². The molecule has 0 unspecified atom stereocenters. The molecular weight excluding hydrogens is 302 g/mol. The maximum Gasteiger partial charge on any atom is 0.221 e. The molecule has 0 aromatic heterocycles. The minimum Gasteiger partial charge on any atom is -0.369 e. The second-order valence-corrected chi connectivity index (χ2v) is 7.72. The smallest absolute Gasteiger partial charge is 0.221 e. The van der Waals surface area contributed by atoms with Crippen molar-refractivity contribution in [2.45, 2.75) is 25.9 Å². The van der Waals surface area contributed by atoms with Crippen LogP contribution in [0.5, 0.6) is 0 Å². The number of benzene rings is 1. The Bertz CT molecular complexity index is 631. The Morgan fingerprint density at radius 2 is 2.14 bits per heavy atom. The average molecular weight is 325 g/mol. The number of hydrogen-bond acceptors (Lipinski definition) is 4. The van der Waals surface area contributed by atoms with Crippen LogP contribution in [0, 0.1) is 5.92 Å². The van der Waals surface area contributed by atoms with E-state index in [4.69, 9.17) is 5.73 Å².